The predicted octanol–water partition coefficient (Wildman–Crippen LogP) is 6.75. The summed E-state index contributed by atoms with van der Waals surface area (Å²) < 4.78 is 5.38. The molecule has 2 aromatic heterocycles. The van der Waals surface area contributed by atoms with E-state index >= 15 is 0 Å². The lowest BCUT2D eigenvalue weighted by Gasteiger charge is -2.16. The van der Waals surface area contributed by atoms with Gasteiger partial charge in [-0.2, -0.15) is 0 Å². The summed E-state index contributed by atoms with van der Waals surface area (Å²) in [5.74, 6) is 0.824. The summed E-state index contributed by atoms with van der Waals surface area (Å²) in [6.45, 7) is 2.07. The zero-order valence-corrected chi connectivity index (χ0v) is 18.6. The molecule has 0 saturated carbocycles. The summed E-state index contributed by atoms with van der Waals surface area (Å²) in [6, 6.07) is 25.7. The first-order valence-electron chi connectivity index (χ1n) is 10.4. The van der Waals surface area contributed by atoms with Gasteiger partial charge >= 0.3 is 0 Å². The SMILES string of the molecule is COc1ccc2c(C)cc(S[C@@H](C(=O)c3c[nH]c4ccccc34)c3ccccc3)nc2c1. The highest BCUT2D eigenvalue weighted by molar-refractivity contribution is 8.00. The molecule has 0 aliphatic carbocycles. The third-order valence-corrected chi connectivity index (χ3v) is 6.81. The predicted molar refractivity (Wildman–Crippen MR) is 131 cm³/mol. The number of thioether (sulfide) groups is 1. The van der Waals surface area contributed by atoms with E-state index in [1.54, 1.807) is 7.11 Å². The van der Waals surface area contributed by atoms with Crippen LogP contribution >= 0.6 is 11.8 Å². The number of aromatic nitrogens is 2. The first kappa shape index (κ1) is 20.3. The van der Waals surface area contributed by atoms with Gasteiger partial charge in [0.05, 0.1) is 22.9 Å². The van der Waals surface area contributed by atoms with Crippen LogP contribution in [0.25, 0.3) is 21.8 Å². The van der Waals surface area contributed by atoms with Crippen molar-refractivity contribution in [2.75, 3.05) is 7.11 Å². The molecule has 0 aliphatic heterocycles. The Morgan fingerprint density at radius 2 is 1.75 bits per heavy atom. The van der Waals surface area contributed by atoms with Crippen molar-refractivity contribution >= 4 is 39.4 Å². The second-order valence-electron chi connectivity index (χ2n) is 7.68. The molecule has 0 radical (unpaired) electrons. The molecule has 0 saturated heterocycles. The Morgan fingerprint density at radius 1 is 0.969 bits per heavy atom. The van der Waals surface area contributed by atoms with Crippen molar-refractivity contribution < 1.29 is 9.53 Å². The minimum atomic E-state index is -0.412. The fraction of sp³-hybridized carbons (Fsp3) is 0.111. The van der Waals surface area contributed by atoms with E-state index in [1.165, 1.54) is 11.8 Å². The Hall–Kier alpha value is -3.57. The number of ketones is 1. The molecule has 0 unspecified atom stereocenters. The van der Waals surface area contributed by atoms with Crippen LogP contribution in [0, 0.1) is 6.92 Å². The second kappa shape index (κ2) is 8.52. The first-order chi connectivity index (χ1) is 15.6. The highest BCUT2D eigenvalue weighted by Gasteiger charge is 2.26. The van der Waals surface area contributed by atoms with Gasteiger partial charge < -0.3 is 9.72 Å². The molecule has 2 heterocycles. The van der Waals surface area contributed by atoms with E-state index in [1.807, 2.05) is 79.0 Å². The average Bonchev–Trinajstić information content (AvgIpc) is 3.26. The molecular formula is C27H22N2O2S. The number of nitrogens with one attached hydrogen (secondary N) is 1. The zero-order valence-electron chi connectivity index (χ0n) is 17.8. The number of H-pyrrole nitrogens is 1. The van der Waals surface area contributed by atoms with Crippen LogP contribution in [0.1, 0.15) is 26.7 Å². The molecule has 0 amide bonds. The third kappa shape index (κ3) is 3.76. The molecule has 5 aromatic rings. The van der Waals surface area contributed by atoms with Crippen LogP contribution in [0.5, 0.6) is 5.75 Å². The molecule has 0 fully saturated rings. The van der Waals surface area contributed by atoms with Gasteiger partial charge in [0.2, 0.25) is 0 Å². The molecule has 0 spiro atoms. The third-order valence-electron chi connectivity index (χ3n) is 5.63. The number of hydrogen-bond acceptors (Lipinski definition) is 4. The number of benzene rings is 3. The van der Waals surface area contributed by atoms with Crippen LogP contribution in [-0.4, -0.2) is 22.9 Å². The number of fused-ring (bicyclic) bond motifs is 2. The van der Waals surface area contributed by atoms with Crippen molar-refractivity contribution in [3.8, 4) is 5.75 Å². The van der Waals surface area contributed by atoms with E-state index in [4.69, 9.17) is 9.72 Å². The fourth-order valence-electron chi connectivity index (χ4n) is 3.98. The largest absolute Gasteiger partial charge is 0.497 e. The number of aryl methyl sites for hydroxylation is 1. The Balaban J connectivity index is 1.58. The molecule has 3 aromatic carbocycles. The van der Waals surface area contributed by atoms with Crippen molar-refractivity contribution in [3.05, 3.63) is 102 Å². The number of aromatic amines is 1. The Kier molecular flexibility index (Phi) is 5.41. The van der Waals surface area contributed by atoms with Crippen molar-refractivity contribution in [2.24, 2.45) is 0 Å². The zero-order chi connectivity index (χ0) is 22.1. The number of hydrogen-bond donors (Lipinski definition) is 1. The van der Waals surface area contributed by atoms with Crippen LogP contribution in [0.15, 0.2) is 90.1 Å². The lowest BCUT2D eigenvalue weighted by molar-refractivity contribution is 0.0991. The number of carbonyl (C=O) groups is 1. The first-order valence-corrected chi connectivity index (χ1v) is 11.3. The summed E-state index contributed by atoms with van der Waals surface area (Å²) >= 11 is 1.48. The van der Waals surface area contributed by atoms with E-state index in [9.17, 15) is 4.79 Å². The van der Waals surface area contributed by atoms with E-state index in [0.29, 0.717) is 5.56 Å². The maximum atomic E-state index is 13.8. The Bertz CT molecular complexity index is 1430. The molecule has 1 N–H and O–H groups in total. The molecule has 4 nitrogen and oxygen atoms in total. The smallest absolute Gasteiger partial charge is 0.182 e. The van der Waals surface area contributed by atoms with Gasteiger partial charge in [0.25, 0.3) is 0 Å². The fourth-order valence-corrected chi connectivity index (χ4v) is 5.14. The molecular weight excluding hydrogens is 416 g/mol. The number of methoxy groups -OCH3 is 1. The summed E-state index contributed by atoms with van der Waals surface area (Å²) in [4.78, 5) is 21.9. The monoisotopic (exact) mass is 438 g/mol. The number of pyridine rings is 1. The Morgan fingerprint density at radius 3 is 2.56 bits per heavy atom. The van der Waals surface area contributed by atoms with Gasteiger partial charge in [0, 0.05) is 34.1 Å². The average molecular weight is 439 g/mol. The number of para-hydroxylation sites is 1. The topological polar surface area (TPSA) is 55.0 Å². The van der Waals surface area contributed by atoms with Gasteiger partial charge in [-0.15, -0.1) is 0 Å². The Labute approximate surface area is 190 Å². The minimum Gasteiger partial charge on any atom is -0.497 e. The molecule has 5 heteroatoms. The molecule has 158 valence electrons. The molecule has 32 heavy (non-hydrogen) atoms. The number of Topliss-reactive ketones (excluding diaryl/α,β-unsaturated/α-hetero) is 1. The van der Waals surface area contributed by atoms with Gasteiger partial charge in [-0.25, -0.2) is 4.98 Å². The lowest BCUT2D eigenvalue weighted by Crippen LogP contribution is -2.10. The lowest BCUT2D eigenvalue weighted by atomic mass is 10.0. The molecule has 0 aliphatic rings. The van der Waals surface area contributed by atoms with Gasteiger partial charge in [0.1, 0.15) is 5.75 Å². The van der Waals surface area contributed by atoms with Gasteiger partial charge in [-0.05, 0) is 42.3 Å². The summed E-state index contributed by atoms with van der Waals surface area (Å²) in [5, 5.41) is 2.41. The minimum absolute atomic E-state index is 0.0591. The van der Waals surface area contributed by atoms with Crippen LogP contribution in [0.4, 0.5) is 0 Å². The van der Waals surface area contributed by atoms with E-state index < -0.39 is 5.25 Å². The second-order valence-corrected chi connectivity index (χ2v) is 8.81. The number of carbonyl (C=O) groups excluding carboxylic acids is 1. The number of nitrogens with zero attached hydrogens (tertiary/aromatic N) is 1. The van der Waals surface area contributed by atoms with Gasteiger partial charge in [-0.1, -0.05) is 60.3 Å². The van der Waals surface area contributed by atoms with Crippen LogP contribution < -0.4 is 4.74 Å². The highest BCUT2D eigenvalue weighted by Crippen LogP contribution is 2.39. The maximum absolute atomic E-state index is 13.8. The maximum Gasteiger partial charge on any atom is 0.182 e. The summed E-state index contributed by atoms with van der Waals surface area (Å²) in [6.07, 6.45) is 1.81. The van der Waals surface area contributed by atoms with Gasteiger partial charge in [-0.3, -0.25) is 4.79 Å². The van der Waals surface area contributed by atoms with E-state index in [2.05, 4.69) is 18.0 Å². The summed E-state index contributed by atoms with van der Waals surface area (Å²) in [5.41, 5.74) is 4.59. The van der Waals surface area contributed by atoms with Crippen LogP contribution in [0.3, 0.4) is 0 Å². The van der Waals surface area contributed by atoms with Crippen LogP contribution in [-0.2, 0) is 0 Å². The molecule has 0 bridgehead atoms. The van der Waals surface area contributed by atoms with Crippen LogP contribution in [0.2, 0.25) is 0 Å². The van der Waals surface area contributed by atoms with Crippen molar-refractivity contribution in [2.45, 2.75) is 17.2 Å². The molecule has 1 atom stereocenters. The van der Waals surface area contributed by atoms with Crippen molar-refractivity contribution in [3.63, 3.8) is 0 Å². The summed E-state index contributed by atoms with van der Waals surface area (Å²) in [7, 11) is 1.65. The highest BCUT2D eigenvalue weighted by atomic mass is 32.2. The normalized spacial score (nSPS) is 12.2. The van der Waals surface area contributed by atoms with Crippen molar-refractivity contribution in [1.29, 1.82) is 0 Å². The number of ether oxygens (including phenoxy) is 1. The number of rotatable bonds is 6. The quantitative estimate of drug-likeness (QED) is 0.235. The van der Waals surface area contributed by atoms with Crippen molar-refractivity contribution in [1.82, 2.24) is 9.97 Å². The van der Waals surface area contributed by atoms with E-state index in [0.717, 1.165) is 43.7 Å². The molecule has 5 rings (SSSR count). The van der Waals surface area contributed by atoms with Gasteiger partial charge in [0.15, 0.2) is 5.78 Å². The standard InChI is InChI=1S/C27H22N2O2S/c1-17-14-25(29-24-15-19(31-2)12-13-20(17)24)32-27(18-8-4-3-5-9-18)26(30)22-16-28-23-11-7-6-10-21(22)23/h3-16,27-28H,1-2H3/t27-/m1/s1. The van der Waals surface area contributed by atoms with E-state index in [-0.39, 0.29) is 5.78 Å².